The largest absolute Gasteiger partial charge is 0.326 e. The minimum atomic E-state index is -3.34. The fourth-order valence-electron chi connectivity index (χ4n) is 2.17. The van der Waals surface area contributed by atoms with Crippen LogP contribution in [0, 0.1) is 6.92 Å². The Morgan fingerprint density at radius 3 is 2.00 bits per heavy atom. The van der Waals surface area contributed by atoms with E-state index in [2.05, 4.69) is 10.0 Å². The second-order valence-corrected chi connectivity index (χ2v) is 7.54. The number of ketones is 1. The first-order chi connectivity index (χ1) is 11.7. The highest BCUT2D eigenvalue weighted by atomic mass is 32.2. The van der Waals surface area contributed by atoms with Crippen LogP contribution in [0.15, 0.2) is 48.5 Å². The molecule has 0 atom stereocenters. The van der Waals surface area contributed by atoms with Gasteiger partial charge in [-0.3, -0.25) is 14.3 Å². The molecule has 0 bridgehead atoms. The van der Waals surface area contributed by atoms with E-state index in [-0.39, 0.29) is 24.5 Å². The zero-order chi connectivity index (χ0) is 18.4. The number of carbonyl (C=O) groups excluding carboxylic acids is 2. The van der Waals surface area contributed by atoms with E-state index in [1.807, 2.05) is 19.1 Å². The van der Waals surface area contributed by atoms with Crippen molar-refractivity contribution in [2.75, 3.05) is 16.3 Å². The molecule has 0 aliphatic heterocycles. The number of sulfonamides is 1. The van der Waals surface area contributed by atoms with Crippen molar-refractivity contribution in [3.05, 3.63) is 59.7 Å². The molecule has 7 heteroatoms. The number of nitrogens with one attached hydrogen (secondary N) is 2. The monoisotopic (exact) mass is 360 g/mol. The summed E-state index contributed by atoms with van der Waals surface area (Å²) in [6.07, 6.45) is 1.27. The predicted molar refractivity (Wildman–Crippen MR) is 98.3 cm³/mol. The predicted octanol–water partition coefficient (Wildman–Crippen LogP) is 2.97. The summed E-state index contributed by atoms with van der Waals surface area (Å²) in [4.78, 5) is 24.0. The molecular formula is C18H20N2O4S. The second-order valence-electron chi connectivity index (χ2n) is 5.79. The highest BCUT2D eigenvalue weighted by Gasteiger charge is 2.10. The number of hydrogen-bond donors (Lipinski definition) is 2. The van der Waals surface area contributed by atoms with Crippen molar-refractivity contribution in [3.8, 4) is 0 Å². The normalized spacial score (nSPS) is 11.0. The van der Waals surface area contributed by atoms with Gasteiger partial charge in [0.2, 0.25) is 15.9 Å². The van der Waals surface area contributed by atoms with Crippen molar-refractivity contribution in [2.24, 2.45) is 0 Å². The highest BCUT2D eigenvalue weighted by molar-refractivity contribution is 7.92. The van der Waals surface area contributed by atoms with Gasteiger partial charge in [-0.25, -0.2) is 8.42 Å². The lowest BCUT2D eigenvalue weighted by molar-refractivity contribution is -0.116. The van der Waals surface area contributed by atoms with Gasteiger partial charge in [-0.1, -0.05) is 29.8 Å². The number of Topliss-reactive ketones (excluding diaryl/α,β-unsaturated/α-hetero) is 1. The van der Waals surface area contributed by atoms with Crippen LogP contribution in [0.5, 0.6) is 0 Å². The Balaban J connectivity index is 1.85. The van der Waals surface area contributed by atoms with Gasteiger partial charge in [0.25, 0.3) is 0 Å². The number of amides is 1. The molecule has 2 aromatic carbocycles. The maximum atomic E-state index is 12.0. The Labute approximate surface area is 147 Å². The lowest BCUT2D eigenvalue weighted by Crippen LogP contribution is -2.14. The molecule has 2 rings (SSSR count). The lowest BCUT2D eigenvalue weighted by atomic mass is 10.0. The summed E-state index contributed by atoms with van der Waals surface area (Å²) in [6, 6.07) is 13.5. The van der Waals surface area contributed by atoms with Crippen molar-refractivity contribution in [2.45, 2.75) is 19.8 Å². The molecule has 0 aliphatic carbocycles. The van der Waals surface area contributed by atoms with Gasteiger partial charge in [0.15, 0.2) is 5.78 Å². The van der Waals surface area contributed by atoms with Crippen LogP contribution in [0.3, 0.4) is 0 Å². The Morgan fingerprint density at radius 2 is 1.44 bits per heavy atom. The van der Waals surface area contributed by atoms with Crippen LogP contribution in [-0.4, -0.2) is 26.4 Å². The molecule has 2 aromatic rings. The van der Waals surface area contributed by atoms with Crippen LogP contribution in [0.4, 0.5) is 11.4 Å². The Kier molecular flexibility index (Phi) is 5.93. The van der Waals surface area contributed by atoms with Gasteiger partial charge in [0.05, 0.1) is 6.26 Å². The molecule has 0 saturated carbocycles. The van der Waals surface area contributed by atoms with Crippen molar-refractivity contribution < 1.29 is 18.0 Å². The molecule has 0 unspecified atom stereocenters. The van der Waals surface area contributed by atoms with Crippen LogP contribution in [-0.2, 0) is 14.8 Å². The third kappa shape index (κ3) is 6.39. The number of benzene rings is 2. The number of rotatable bonds is 7. The van der Waals surface area contributed by atoms with E-state index in [0.29, 0.717) is 16.9 Å². The summed E-state index contributed by atoms with van der Waals surface area (Å²) < 4.78 is 24.6. The first-order valence-corrected chi connectivity index (χ1v) is 9.60. The second kappa shape index (κ2) is 7.94. The van der Waals surface area contributed by atoms with Gasteiger partial charge < -0.3 is 5.32 Å². The topological polar surface area (TPSA) is 92.3 Å². The molecule has 0 radical (unpaired) electrons. The smallest absolute Gasteiger partial charge is 0.229 e. The lowest BCUT2D eigenvalue weighted by Gasteiger charge is -2.07. The third-order valence-electron chi connectivity index (χ3n) is 3.42. The van der Waals surface area contributed by atoms with E-state index in [1.165, 1.54) is 0 Å². The van der Waals surface area contributed by atoms with Gasteiger partial charge in [-0.05, 0) is 31.2 Å². The molecule has 0 saturated heterocycles. The van der Waals surface area contributed by atoms with Crippen LogP contribution in [0.25, 0.3) is 0 Å². The van der Waals surface area contributed by atoms with E-state index in [0.717, 1.165) is 11.8 Å². The molecule has 0 spiro atoms. The van der Waals surface area contributed by atoms with Crippen molar-refractivity contribution >= 4 is 33.1 Å². The quantitative estimate of drug-likeness (QED) is 0.743. The summed E-state index contributed by atoms with van der Waals surface area (Å²) in [5.41, 5.74) is 2.61. The van der Waals surface area contributed by atoms with Crippen LogP contribution >= 0.6 is 0 Å². The van der Waals surface area contributed by atoms with E-state index >= 15 is 0 Å². The van der Waals surface area contributed by atoms with Crippen LogP contribution in [0.1, 0.15) is 28.8 Å². The summed E-state index contributed by atoms with van der Waals surface area (Å²) in [7, 11) is -3.34. The molecule has 0 fully saturated rings. The van der Waals surface area contributed by atoms with Gasteiger partial charge in [0.1, 0.15) is 0 Å². The zero-order valence-corrected chi connectivity index (χ0v) is 14.9. The van der Waals surface area contributed by atoms with Crippen molar-refractivity contribution in [3.63, 3.8) is 0 Å². The summed E-state index contributed by atoms with van der Waals surface area (Å²) in [5, 5.41) is 2.68. The van der Waals surface area contributed by atoms with E-state index in [1.54, 1.807) is 36.4 Å². The highest BCUT2D eigenvalue weighted by Crippen LogP contribution is 2.15. The fraction of sp³-hybridized carbons (Fsp3) is 0.222. The number of carbonyl (C=O) groups is 2. The molecule has 25 heavy (non-hydrogen) atoms. The van der Waals surface area contributed by atoms with Gasteiger partial charge in [-0.2, -0.15) is 0 Å². The molecule has 0 heterocycles. The number of anilines is 2. The maximum Gasteiger partial charge on any atom is 0.229 e. The molecule has 132 valence electrons. The molecule has 0 aromatic heterocycles. The molecule has 1 amide bonds. The number of hydrogen-bond acceptors (Lipinski definition) is 4. The molecule has 2 N–H and O–H groups in total. The molecule has 0 aliphatic rings. The van der Waals surface area contributed by atoms with E-state index in [9.17, 15) is 18.0 Å². The van der Waals surface area contributed by atoms with Crippen LogP contribution < -0.4 is 10.0 Å². The third-order valence-corrected chi connectivity index (χ3v) is 4.03. The zero-order valence-electron chi connectivity index (χ0n) is 14.1. The summed E-state index contributed by atoms with van der Waals surface area (Å²) >= 11 is 0. The Hall–Kier alpha value is -2.67. The van der Waals surface area contributed by atoms with Crippen molar-refractivity contribution in [1.82, 2.24) is 0 Å². The van der Waals surface area contributed by atoms with E-state index < -0.39 is 10.0 Å². The average molecular weight is 360 g/mol. The summed E-state index contributed by atoms with van der Waals surface area (Å²) in [5.74, 6) is -0.355. The van der Waals surface area contributed by atoms with Gasteiger partial charge >= 0.3 is 0 Å². The van der Waals surface area contributed by atoms with Gasteiger partial charge in [-0.15, -0.1) is 0 Å². The van der Waals surface area contributed by atoms with Crippen LogP contribution in [0.2, 0.25) is 0 Å². The summed E-state index contributed by atoms with van der Waals surface area (Å²) in [6.45, 7) is 1.94. The Bertz CT molecular complexity index is 857. The van der Waals surface area contributed by atoms with Gasteiger partial charge in [0, 0.05) is 29.8 Å². The first kappa shape index (κ1) is 18.7. The SMILES string of the molecule is Cc1ccc(C(=O)CCC(=O)Nc2ccc(NS(C)(=O)=O)cc2)cc1. The van der Waals surface area contributed by atoms with E-state index in [4.69, 9.17) is 0 Å². The number of aryl methyl sites for hydroxylation is 1. The standard InChI is InChI=1S/C18H20N2O4S/c1-13-3-5-14(6-4-13)17(21)11-12-18(22)19-15-7-9-16(10-8-15)20-25(2,23)24/h3-10,20H,11-12H2,1-2H3,(H,19,22). The minimum Gasteiger partial charge on any atom is -0.326 e. The minimum absolute atomic E-state index is 0.0794. The maximum absolute atomic E-state index is 12.0. The average Bonchev–Trinajstić information content (AvgIpc) is 2.54. The molecular weight excluding hydrogens is 340 g/mol. The Morgan fingerprint density at radius 1 is 0.880 bits per heavy atom. The first-order valence-electron chi connectivity index (χ1n) is 7.70. The fourth-order valence-corrected chi connectivity index (χ4v) is 2.73. The molecule has 6 nitrogen and oxygen atoms in total. The van der Waals surface area contributed by atoms with Crippen molar-refractivity contribution in [1.29, 1.82) is 0 Å².